The molecule has 0 saturated heterocycles. The van der Waals surface area contributed by atoms with E-state index in [0.29, 0.717) is 0 Å². The maximum absolute atomic E-state index is 12.5. The number of nitro groups is 1. The van der Waals surface area contributed by atoms with Crippen molar-refractivity contribution in [2.24, 2.45) is 0 Å². The molecule has 0 spiro atoms. The Bertz CT molecular complexity index is 483. The molecule has 0 amide bonds. The molecule has 0 heterocycles. The van der Waals surface area contributed by atoms with Crippen molar-refractivity contribution in [1.82, 2.24) is 0 Å². The van der Waals surface area contributed by atoms with Gasteiger partial charge in [0.2, 0.25) is 0 Å². The molecule has 1 rings (SSSR count). The van der Waals surface area contributed by atoms with Crippen LogP contribution in [0.5, 0.6) is 0 Å². The third kappa shape index (κ3) is 3.29. The van der Waals surface area contributed by atoms with Gasteiger partial charge in [-0.15, -0.1) is 0 Å². The summed E-state index contributed by atoms with van der Waals surface area (Å²) in [6.07, 6.45) is 0. The van der Waals surface area contributed by atoms with Crippen LogP contribution in [0.25, 0.3) is 0 Å². The molecule has 0 atom stereocenters. The Kier molecular flexibility index (Phi) is 5.28. The number of halogens is 1. The predicted molar refractivity (Wildman–Crippen MR) is 68.6 cm³/mol. The zero-order valence-electron chi connectivity index (χ0n) is 9.96. The lowest BCUT2D eigenvalue weighted by molar-refractivity contribution is -0.383. The first kappa shape index (κ1) is 15.1. The van der Waals surface area contributed by atoms with Gasteiger partial charge in [-0.25, -0.2) is 0 Å². The van der Waals surface area contributed by atoms with E-state index in [4.69, 9.17) is 20.6 Å². The van der Waals surface area contributed by atoms with Gasteiger partial charge in [0.25, 0.3) is 5.69 Å². The lowest BCUT2D eigenvalue weighted by atomic mass is 10.3. The minimum absolute atomic E-state index is 0.112. The van der Waals surface area contributed by atoms with E-state index in [1.54, 1.807) is 13.8 Å². The molecule has 1 aromatic rings. The van der Waals surface area contributed by atoms with Crippen LogP contribution in [0.3, 0.4) is 0 Å². The summed E-state index contributed by atoms with van der Waals surface area (Å²) in [6.45, 7) is 3.48. The smallest absolute Gasteiger partial charge is 0.305 e. The summed E-state index contributed by atoms with van der Waals surface area (Å²) in [4.78, 5) is 10.3. The first-order valence-electron chi connectivity index (χ1n) is 5.28. The maximum atomic E-state index is 12.5. The second-order valence-corrected chi connectivity index (χ2v) is 5.65. The van der Waals surface area contributed by atoms with Gasteiger partial charge in [-0.05, 0) is 26.0 Å². The van der Waals surface area contributed by atoms with E-state index in [2.05, 4.69) is 0 Å². The predicted octanol–water partition coefficient (Wildman–Crippen LogP) is 3.14. The maximum Gasteiger partial charge on any atom is 0.368 e. The van der Waals surface area contributed by atoms with Crippen molar-refractivity contribution in [3.05, 3.63) is 33.3 Å². The molecule has 0 unspecified atom stereocenters. The molecule has 0 saturated carbocycles. The largest absolute Gasteiger partial charge is 0.368 e. The van der Waals surface area contributed by atoms with Gasteiger partial charge in [-0.3, -0.25) is 14.7 Å². The van der Waals surface area contributed by atoms with Gasteiger partial charge < -0.3 is 9.05 Å². The zero-order valence-corrected chi connectivity index (χ0v) is 11.6. The van der Waals surface area contributed by atoms with Crippen molar-refractivity contribution >= 4 is 30.2 Å². The summed E-state index contributed by atoms with van der Waals surface area (Å²) in [6, 6.07) is 3.78. The summed E-state index contributed by atoms with van der Waals surface area (Å²) >= 11 is 5.77. The molecule has 0 N–H and O–H groups in total. The minimum Gasteiger partial charge on any atom is -0.305 e. The van der Waals surface area contributed by atoms with Crippen LogP contribution in [0.15, 0.2) is 18.2 Å². The van der Waals surface area contributed by atoms with Crippen LogP contribution in [0.4, 0.5) is 5.69 Å². The van der Waals surface area contributed by atoms with Crippen LogP contribution in [-0.4, -0.2) is 18.1 Å². The molecule has 0 bridgehead atoms. The van der Waals surface area contributed by atoms with Gasteiger partial charge in [0, 0.05) is 11.1 Å². The fourth-order valence-electron chi connectivity index (χ4n) is 1.39. The van der Waals surface area contributed by atoms with Crippen LogP contribution in [-0.2, 0) is 13.6 Å². The molecule has 0 aliphatic rings. The first-order valence-corrected chi connectivity index (χ1v) is 7.20. The quantitative estimate of drug-likeness (QED) is 0.457. The van der Waals surface area contributed by atoms with Gasteiger partial charge in [0.1, 0.15) is 5.30 Å². The summed E-state index contributed by atoms with van der Waals surface area (Å²) in [7, 11) is -3.72. The minimum atomic E-state index is -3.72. The average molecular weight is 294 g/mol. The normalized spacial score (nSPS) is 11.5. The molecule has 6 nitrogen and oxygen atoms in total. The number of hydrogen-bond donors (Lipinski definition) is 0. The number of nitro benzene ring substituents is 1. The molecular weight excluding hydrogens is 281 g/mol. The van der Waals surface area contributed by atoms with Crippen molar-refractivity contribution in [2.45, 2.75) is 13.8 Å². The fourth-order valence-corrected chi connectivity index (χ4v) is 3.40. The third-order valence-electron chi connectivity index (χ3n) is 2.03. The van der Waals surface area contributed by atoms with Gasteiger partial charge in [-0.1, -0.05) is 11.6 Å². The van der Waals surface area contributed by atoms with Crippen molar-refractivity contribution in [3.8, 4) is 0 Å². The molecule has 0 fully saturated rings. The number of nitrogens with zero attached hydrogens (tertiary/aromatic N) is 1. The summed E-state index contributed by atoms with van der Waals surface area (Å²) in [5, 5.41) is 11.0. The van der Waals surface area contributed by atoms with Crippen LogP contribution in [0.1, 0.15) is 13.8 Å². The molecule has 18 heavy (non-hydrogen) atoms. The second kappa shape index (κ2) is 6.29. The van der Waals surface area contributed by atoms with Crippen LogP contribution in [0, 0.1) is 10.1 Å². The molecule has 100 valence electrons. The monoisotopic (exact) mass is 293 g/mol. The first-order chi connectivity index (χ1) is 8.44. The highest BCUT2D eigenvalue weighted by Crippen LogP contribution is 2.49. The molecule has 8 heteroatoms. The Labute approximate surface area is 110 Å². The van der Waals surface area contributed by atoms with Crippen LogP contribution >= 0.6 is 19.2 Å². The molecule has 0 aliphatic heterocycles. The highest BCUT2D eigenvalue weighted by Gasteiger charge is 2.34. The van der Waals surface area contributed by atoms with Gasteiger partial charge >= 0.3 is 7.60 Å². The SMILES string of the molecule is CCOP(=O)(OCC)c1cc(Cl)ccc1[N+](=O)[O-]. The zero-order chi connectivity index (χ0) is 13.8. The Morgan fingerprint density at radius 3 is 2.33 bits per heavy atom. The lowest BCUT2D eigenvalue weighted by Crippen LogP contribution is -2.15. The standard InChI is InChI=1S/C10H13ClNO5P/c1-3-16-18(15,17-4-2)10-7-8(11)5-6-9(10)12(13)14/h5-7H,3-4H2,1-2H3. The fraction of sp³-hybridized carbons (Fsp3) is 0.400. The molecule has 0 aliphatic carbocycles. The van der Waals surface area contributed by atoms with E-state index < -0.39 is 12.5 Å². The number of benzene rings is 1. The van der Waals surface area contributed by atoms with E-state index >= 15 is 0 Å². The topological polar surface area (TPSA) is 78.7 Å². The number of hydrogen-bond acceptors (Lipinski definition) is 5. The molecule has 0 aromatic heterocycles. The van der Waals surface area contributed by atoms with E-state index in [1.807, 2.05) is 0 Å². The Hall–Kier alpha value is -0.940. The molecule has 0 radical (unpaired) electrons. The van der Waals surface area contributed by atoms with E-state index in [0.717, 1.165) is 0 Å². The number of rotatable bonds is 6. The Balaban J connectivity index is 3.39. The van der Waals surface area contributed by atoms with Crippen molar-refractivity contribution in [1.29, 1.82) is 0 Å². The molecular formula is C10H13ClNO5P. The summed E-state index contributed by atoms with van der Waals surface area (Å²) in [5.74, 6) is 0. The van der Waals surface area contributed by atoms with Crippen molar-refractivity contribution in [2.75, 3.05) is 13.2 Å². The van der Waals surface area contributed by atoms with Crippen molar-refractivity contribution in [3.63, 3.8) is 0 Å². The average Bonchev–Trinajstić information content (AvgIpc) is 2.29. The summed E-state index contributed by atoms with van der Waals surface area (Å²) in [5.41, 5.74) is -0.329. The lowest BCUT2D eigenvalue weighted by Gasteiger charge is -2.17. The van der Waals surface area contributed by atoms with Crippen molar-refractivity contribution < 1.29 is 18.5 Å². The summed E-state index contributed by atoms with van der Waals surface area (Å²) < 4.78 is 22.6. The van der Waals surface area contributed by atoms with E-state index in [1.165, 1.54) is 18.2 Å². The Morgan fingerprint density at radius 1 is 1.33 bits per heavy atom. The van der Waals surface area contributed by atoms with Gasteiger partial charge in [-0.2, -0.15) is 0 Å². The molecule has 1 aromatic carbocycles. The van der Waals surface area contributed by atoms with Crippen LogP contribution in [0.2, 0.25) is 5.02 Å². The van der Waals surface area contributed by atoms with E-state index in [9.17, 15) is 14.7 Å². The van der Waals surface area contributed by atoms with Gasteiger partial charge in [0.05, 0.1) is 18.1 Å². The van der Waals surface area contributed by atoms with E-state index in [-0.39, 0.29) is 29.2 Å². The van der Waals surface area contributed by atoms with Gasteiger partial charge in [0.15, 0.2) is 0 Å². The second-order valence-electron chi connectivity index (χ2n) is 3.22. The third-order valence-corrected chi connectivity index (χ3v) is 4.41. The highest BCUT2D eigenvalue weighted by molar-refractivity contribution is 7.62. The Morgan fingerprint density at radius 2 is 1.89 bits per heavy atom. The van der Waals surface area contributed by atoms with Crippen LogP contribution < -0.4 is 5.30 Å². The highest BCUT2D eigenvalue weighted by atomic mass is 35.5.